The maximum atomic E-state index is 5.93. The number of aromatic nitrogens is 2. The van der Waals surface area contributed by atoms with E-state index in [1.54, 1.807) is 0 Å². The fourth-order valence-electron chi connectivity index (χ4n) is 1.52. The number of hydrogen-bond acceptors (Lipinski definition) is 4. The van der Waals surface area contributed by atoms with Crippen molar-refractivity contribution >= 4 is 27.5 Å². The van der Waals surface area contributed by atoms with Crippen LogP contribution < -0.4 is 5.32 Å². The third-order valence-electron chi connectivity index (χ3n) is 2.40. The summed E-state index contributed by atoms with van der Waals surface area (Å²) in [6.07, 6.45) is 0.732. The molecule has 0 aliphatic rings. The Kier molecular flexibility index (Phi) is 4.74. The summed E-state index contributed by atoms with van der Waals surface area (Å²) in [4.78, 5) is 4.14. The van der Waals surface area contributed by atoms with E-state index >= 15 is 0 Å². The minimum Gasteiger partial charge on any atom is -0.339 e. The van der Waals surface area contributed by atoms with Crippen molar-refractivity contribution in [2.75, 3.05) is 6.54 Å². The van der Waals surface area contributed by atoms with Gasteiger partial charge in [0.1, 0.15) is 0 Å². The lowest BCUT2D eigenvalue weighted by atomic mass is 10.2. The van der Waals surface area contributed by atoms with Crippen molar-refractivity contribution in [2.24, 2.45) is 0 Å². The fraction of sp³-hybridized carbons (Fsp3) is 0.333. The quantitative estimate of drug-likeness (QED) is 0.856. The molecule has 0 atom stereocenters. The van der Waals surface area contributed by atoms with E-state index in [2.05, 4.69) is 31.4 Å². The van der Waals surface area contributed by atoms with Crippen molar-refractivity contribution in [3.63, 3.8) is 0 Å². The SMILES string of the molecule is Cc1noc(CCNCc2ccc(Cl)c(Br)c2)n1. The van der Waals surface area contributed by atoms with Gasteiger partial charge in [-0.05, 0) is 40.5 Å². The second-order valence-electron chi connectivity index (χ2n) is 3.91. The number of nitrogens with zero attached hydrogens (tertiary/aromatic N) is 2. The topological polar surface area (TPSA) is 51.0 Å². The largest absolute Gasteiger partial charge is 0.339 e. The summed E-state index contributed by atoms with van der Waals surface area (Å²) in [5, 5.41) is 7.78. The van der Waals surface area contributed by atoms with Crippen LogP contribution in [0.25, 0.3) is 0 Å². The molecule has 0 aliphatic carbocycles. The van der Waals surface area contributed by atoms with Crippen molar-refractivity contribution in [1.29, 1.82) is 0 Å². The van der Waals surface area contributed by atoms with Crippen molar-refractivity contribution in [3.8, 4) is 0 Å². The molecule has 2 rings (SSSR count). The van der Waals surface area contributed by atoms with Crippen LogP contribution in [0.3, 0.4) is 0 Å². The molecule has 1 N–H and O–H groups in total. The highest BCUT2D eigenvalue weighted by atomic mass is 79.9. The highest BCUT2D eigenvalue weighted by molar-refractivity contribution is 9.10. The van der Waals surface area contributed by atoms with Gasteiger partial charge < -0.3 is 9.84 Å². The van der Waals surface area contributed by atoms with E-state index in [0.717, 1.165) is 29.0 Å². The predicted molar refractivity (Wildman–Crippen MR) is 73.6 cm³/mol. The summed E-state index contributed by atoms with van der Waals surface area (Å²) in [6, 6.07) is 5.88. The first kappa shape index (κ1) is 13.5. The molecule has 4 nitrogen and oxygen atoms in total. The van der Waals surface area contributed by atoms with Crippen LogP contribution in [0.5, 0.6) is 0 Å². The lowest BCUT2D eigenvalue weighted by Gasteiger charge is -2.04. The van der Waals surface area contributed by atoms with Gasteiger partial charge in [0.2, 0.25) is 5.89 Å². The van der Waals surface area contributed by atoms with Gasteiger partial charge in [0.05, 0.1) is 5.02 Å². The van der Waals surface area contributed by atoms with Crippen LogP contribution in [-0.2, 0) is 13.0 Å². The fourth-order valence-corrected chi connectivity index (χ4v) is 2.06. The highest BCUT2D eigenvalue weighted by Crippen LogP contribution is 2.23. The zero-order chi connectivity index (χ0) is 13.0. The first-order valence-electron chi connectivity index (χ1n) is 5.59. The summed E-state index contributed by atoms with van der Waals surface area (Å²) < 4.78 is 5.94. The number of rotatable bonds is 5. The van der Waals surface area contributed by atoms with Crippen LogP contribution in [0.2, 0.25) is 5.02 Å². The number of nitrogens with one attached hydrogen (secondary N) is 1. The van der Waals surface area contributed by atoms with Crippen molar-refractivity contribution < 1.29 is 4.52 Å². The average Bonchev–Trinajstić information content (AvgIpc) is 2.75. The molecule has 96 valence electrons. The van der Waals surface area contributed by atoms with Crippen LogP contribution in [-0.4, -0.2) is 16.7 Å². The summed E-state index contributed by atoms with van der Waals surface area (Å²) in [7, 11) is 0. The normalized spacial score (nSPS) is 10.8. The van der Waals surface area contributed by atoms with Crippen LogP contribution >= 0.6 is 27.5 Å². The van der Waals surface area contributed by atoms with Gasteiger partial charge in [0.25, 0.3) is 0 Å². The average molecular weight is 331 g/mol. The zero-order valence-electron chi connectivity index (χ0n) is 9.91. The van der Waals surface area contributed by atoms with Crippen molar-refractivity contribution in [3.05, 3.63) is 45.0 Å². The summed E-state index contributed by atoms with van der Waals surface area (Å²) >= 11 is 9.33. The Morgan fingerprint density at radius 1 is 1.44 bits per heavy atom. The van der Waals surface area contributed by atoms with E-state index in [9.17, 15) is 0 Å². The first-order valence-corrected chi connectivity index (χ1v) is 6.76. The van der Waals surface area contributed by atoms with E-state index in [0.29, 0.717) is 11.7 Å². The Labute approximate surface area is 119 Å². The Bertz CT molecular complexity index is 530. The number of halogens is 2. The number of aryl methyl sites for hydroxylation is 1. The molecule has 2 aromatic rings. The van der Waals surface area contributed by atoms with Gasteiger partial charge in [0, 0.05) is 24.0 Å². The van der Waals surface area contributed by atoms with E-state index in [1.807, 2.05) is 25.1 Å². The second kappa shape index (κ2) is 6.31. The summed E-state index contributed by atoms with van der Waals surface area (Å²) in [5.74, 6) is 1.34. The van der Waals surface area contributed by atoms with Crippen molar-refractivity contribution in [2.45, 2.75) is 19.9 Å². The molecule has 0 radical (unpaired) electrons. The third kappa shape index (κ3) is 3.80. The predicted octanol–water partition coefficient (Wildman–Crippen LogP) is 3.13. The molecule has 0 fully saturated rings. The lowest BCUT2D eigenvalue weighted by Crippen LogP contribution is -2.16. The van der Waals surface area contributed by atoms with E-state index in [-0.39, 0.29) is 0 Å². The number of benzene rings is 1. The Morgan fingerprint density at radius 2 is 2.28 bits per heavy atom. The maximum Gasteiger partial charge on any atom is 0.227 e. The molecule has 0 bridgehead atoms. The van der Waals surface area contributed by atoms with E-state index in [1.165, 1.54) is 5.56 Å². The lowest BCUT2D eigenvalue weighted by molar-refractivity contribution is 0.372. The maximum absolute atomic E-state index is 5.93. The first-order chi connectivity index (χ1) is 8.65. The van der Waals surface area contributed by atoms with Crippen molar-refractivity contribution in [1.82, 2.24) is 15.5 Å². The van der Waals surface area contributed by atoms with Crippen LogP contribution in [0, 0.1) is 6.92 Å². The molecule has 0 unspecified atom stereocenters. The van der Waals surface area contributed by atoms with Gasteiger partial charge in [-0.2, -0.15) is 4.98 Å². The molecule has 0 amide bonds. The molecule has 1 aromatic carbocycles. The van der Waals surface area contributed by atoms with Crippen LogP contribution in [0.4, 0.5) is 0 Å². The Balaban J connectivity index is 1.76. The van der Waals surface area contributed by atoms with Gasteiger partial charge >= 0.3 is 0 Å². The summed E-state index contributed by atoms with van der Waals surface area (Å²) in [5.41, 5.74) is 1.17. The zero-order valence-corrected chi connectivity index (χ0v) is 12.3. The summed E-state index contributed by atoms with van der Waals surface area (Å²) in [6.45, 7) is 3.39. The van der Waals surface area contributed by atoms with Gasteiger partial charge in [0.15, 0.2) is 5.82 Å². The van der Waals surface area contributed by atoms with Crippen LogP contribution in [0.1, 0.15) is 17.3 Å². The minimum atomic E-state index is 0.664. The van der Waals surface area contributed by atoms with Gasteiger partial charge in [-0.3, -0.25) is 0 Å². The molecule has 18 heavy (non-hydrogen) atoms. The van der Waals surface area contributed by atoms with Gasteiger partial charge in [-0.25, -0.2) is 0 Å². The second-order valence-corrected chi connectivity index (χ2v) is 5.17. The molecule has 0 aliphatic heterocycles. The molecule has 1 heterocycles. The van der Waals surface area contributed by atoms with E-state index < -0.39 is 0 Å². The molecule has 1 aromatic heterocycles. The Morgan fingerprint density at radius 3 is 2.94 bits per heavy atom. The molecule has 0 saturated carbocycles. The minimum absolute atomic E-state index is 0.664. The molecular formula is C12H13BrClN3O. The van der Waals surface area contributed by atoms with Crippen LogP contribution in [0.15, 0.2) is 27.2 Å². The smallest absolute Gasteiger partial charge is 0.227 e. The molecule has 6 heteroatoms. The molecule has 0 spiro atoms. The van der Waals surface area contributed by atoms with Gasteiger partial charge in [-0.15, -0.1) is 0 Å². The van der Waals surface area contributed by atoms with E-state index in [4.69, 9.17) is 16.1 Å². The Hall–Kier alpha value is -0.910. The third-order valence-corrected chi connectivity index (χ3v) is 3.61. The van der Waals surface area contributed by atoms with Gasteiger partial charge in [-0.1, -0.05) is 22.8 Å². The monoisotopic (exact) mass is 329 g/mol. The number of hydrogen-bond donors (Lipinski definition) is 1. The molecular weight excluding hydrogens is 318 g/mol. The highest BCUT2D eigenvalue weighted by Gasteiger charge is 2.02. The standard InChI is InChI=1S/C12H13BrClN3O/c1-8-16-12(18-17-8)4-5-15-7-9-2-3-11(14)10(13)6-9/h2-3,6,15H,4-5,7H2,1H3. The molecule has 0 saturated heterocycles.